The van der Waals surface area contributed by atoms with Gasteiger partial charge in [0.25, 0.3) is 0 Å². The highest BCUT2D eigenvalue weighted by molar-refractivity contribution is 6.06. The lowest BCUT2D eigenvalue weighted by Gasteiger charge is -2.37. The number of carbonyl (C=O) groups excluding carboxylic acids is 1. The molecule has 0 radical (unpaired) electrons. The number of aromatic nitrogens is 1. The summed E-state index contributed by atoms with van der Waals surface area (Å²) in [7, 11) is 0. The van der Waals surface area contributed by atoms with Gasteiger partial charge in [0.1, 0.15) is 11.4 Å². The number of esters is 1. The van der Waals surface area contributed by atoms with Crippen LogP contribution in [0.4, 0.5) is 10.1 Å². The summed E-state index contributed by atoms with van der Waals surface area (Å²) < 4.78 is 30.9. The fourth-order valence-electron chi connectivity index (χ4n) is 4.21. The number of rotatable bonds is 4. The van der Waals surface area contributed by atoms with Crippen LogP contribution in [0.3, 0.4) is 0 Å². The summed E-state index contributed by atoms with van der Waals surface area (Å²) in [5.74, 6) is -0.585. The molecule has 4 rings (SSSR count). The summed E-state index contributed by atoms with van der Waals surface area (Å²) >= 11 is 0. The molecule has 150 valence electrons. The first-order valence-corrected chi connectivity index (χ1v) is 9.82. The Labute approximate surface area is 163 Å². The molecular formula is C21H25FN2O4. The van der Waals surface area contributed by atoms with Crippen molar-refractivity contribution in [2.75, 3.05) is 37.8 Å². The number of carbonyl (C=O) groups is 1. The maximum Gasteiger partial charge on any atom is 0.341 e. The van der Waals surface area contributed by atoms with Gasteiger partial charge in [-0.15, -0.1) is 0 Å². The second kappa shape index (κ2) is 8.01. The van der Waals surface area contributed by atoms with Crippen molar-refractivity contribution in [3.05, 3.63) is 35.3 Å². The molecule has 2 aromatic rings. The standard InChI is InChI=1S/C21H25FN2O4/c1-3-26-20(25)17-11-23-18-13(2)9-15(22)10-16(18)19(17)24-6-4-5-14(12-24)21-27-7-8-28-21/h9-11,14,21H,3-8,12H2,1-2H3/t14-/m1/s1. The predicted octanol–water partition coefficient (Wildman–Crippen LogP) is 3.45. The molecule has 3 heterocycles. The van der Waals surface area contributed by atoms with Crippen LogP contribution in [0.25, 0.3) is 10.9 Å². The van der Waals surface area contributed by atoms with Crippen molar-refractivity contribution in [1.29, 1.82) is 0 Å². The lowest BCUT2D eigenvalue weighted by atomic mass is 9.95. The van der Waals surface area contributed by atoms with Crippen LogP contribution in [0.2, 0.25) is 0 Å². The molecular weight excluding hydrogens is 363 g/mol. The molecule has 0 spiro atoms. The number of benzene rings is 1. The summed E-state index contributed by atoms with van der Waals surface area (Å²) in [4.78, 5) is 19.2. The van der Waals surface area contributed by atoms with Crippen molar-refractivity contribution >= 4 is 22.6 Å². The monoisotopic (exact) mass is 388 g/mol. The highest BCUT2D eigenvalue weighted by Crippen LogP contribution is 2.36. The van der Waals surface area contributed by atoms with Gasteiger partial charge in [-0.3, -0.25) is 4.98 Å². The molecule has 2 aliphatic heterocycles. The molecule has 2 fully saturated rings. The van der Waals surface area contributed by atoms with Gasteiger partial charge in [-0.05, 0) is 44.4 Å². The Morgan fingerprint density at radius 3 is 2.89 bits per heavy atom. The summed E-state index contributed by atoms with van der Waals surface area (Å²) in [5.41, 5.74) is 2.49. The summed E-state index contributed by atoms with van der Waals surface area (Å²) in [6, 6.07) is 2.92. The van der Waals surface area contributed by atoms with Crippen molar-refractivity contribution in [2.24, 2.45) is 5.92 Å². The molecule has 28 heavy (non-hydrogen) atoms. The Morgan fingerprint density at radius 1 is 1.36 bits per heavy atom. The molecule has 0 saturated carbocycles. The summed E-state index contributed by atoms with van der Waals surface area (Å²) in [6.45, 7) is 6.52. The van der Waals surface area contributed by atoms with Gasteiger partial charge < -0.3 is 19.1 Å². The third-order valence-corrected chi connectivity index (χ3v) is 5.40. The van der Waals surface area contributed by atoms with Gasteiger partial charge in [-0.2, -0.15) is 0 Å². The first-order chi connectivity index (χ1) is 13.6. The minimum atomic E-state index is -0.440. The van der Waals surface area contributed by atoms with Gasteiger partial charge in [0.2, 0.25) is 0 Å². The Balaban J connectivity index is 1.80. The van der Waals surface area contributed by atoms with Crippen LogP contribution >= 0.6 is 0 Å². The van der Waals surface area contributed by atoms with Crippen LogP contribution in [-0.2, 0) is 14.2 Å². The number of aryl methyl sites for hydroxylation is 1. The highest BCUT2D eigenvalue weighted by Gasteiger charge is 2.33. The average Bonchev–Trinajstić information content (AvgIpc) is 3.22. The van der Waals surface area contributed by atoms with Gasteiger partial charge in [-0.1, -0.05) is 0 Å². The molecule has 1 atom stereocenters. The van der Waals surface area contributed by atoms with Crippen LogP contribution in [0.1, 0.15) is 35.7 Å². The number of halogens is 1. The Bertz CT molecular complexity index is 882. The second-order valence-corrected chi connectivity index (χ2v) is 7.32. The second-order valence-electron chi connectivity index (χ2n) is 7.32. The number of hydrogen-bond donors (Lipinski definition) is 0. The molecule has 7 heteroatoms. The number of ether oxygens (including phenoxy) is 3. The molecule has 2 aliphatic rings. The van der Waals surface area contributed by atoms with Crippen LogP contribution < -0.4 is 4.90 Å². The first-order valence-electron chi connectivity index (χ1n) is 9.82. The van der Waals surface area contributed by atoms with E-state index >= 15 is 0 Å². The smallest absolute Gasteiger partial charge is 0.341 e. The van der Waals surface area contributed by atoms with Crippen molar-refractivity contribution in [2.45, 2.75) is 33.0 Å². The number of hydrogen-bond acceptors (Lipinski definition) is 6. The van der Waals surface area contributed by atoms with E-state index in [-0.39, 0.29) is 24.6 Å². The van der Waals surface area contributed by atoms with E-state index < -0.39 is 5.97 Å². The fourth-order valence-corrected chi connectivity index (χ4v) is 4.21. The van der Waals surface area contributed by atoms with E-state index in [1.807, 2.05) is 6.92 Å². The van der Waals surface area contributed by atoms with Crippen LogP contribution in [0, 0.1) is 18.7 Å². The number of piperidine rings is 1. The topological polar surface area (TPSA) is 60.9 Å². The van der Waals surface area contributed by atoms with E-state index in [4.69, 9.17) is 14.2 Å². The van der Waals surface area contributed by atoms with E-state index in [0.29, 0.717) is 41.9 Å². The first kappa shape index (κ1) is 19.1. The van der Waals surface area contributed by atoms with E-state index in [1.54, 1.807) is 13.1 Å². The van der Waals surface area contributed by atoms with Crippen molar-refractivity contribution in [1.82, 2.24) is 4.98 Å². The number of fused-ring (bicyclic) bond motifs is 1. The zero-order valence-corrected chi connectivity index (χ0v) is 16.2. The molecule has 2 saturated heterocycles. The Hall–Kier alpha value is -2.25. The minimum Gasteiger partial charge on any atom is -0.462 e. The lowest BCUT2D eigenvalue weighted by Crippen LogP contribution is -2.41. The zero-order valence-electron chi connectivity index (χ0n) is 16.2. The molecule has 1 aromatic heterocycles. The van der Waals surface area contributed by atoms with Crippen molar-refractivity contribution in [3.8, 4) is 0 Å². The maximum atomic E-state index is 14.2. The molecule has 0 bridgehead atoms. The highest BCUT2D eigenvalue weighted by atomic mass is 19.1. The molecule has 0 unspecified atom stereocenters. The zero-order chi connectivity index (χ0) is 19.7. The van der Waals surface area contributed by atoms with Gasteiger partial charge >= 0.3 is 5.97 Å². The van der Waals surface area contributed by atoms with Gasteiger partial charge in [0, 0.05) is 30.6 Å². The molecule has 0 N–H and O–H groups in total. The van der Waals surface area contributed by atoms with E-state index in [0.717, 1.165) is 24.9 Å². The quantitative estimate of drug-likeness (QED) is 0.748. The Kier molecular flexibility index (Phi) is 5.46. The maximum absolute atomic E-state index is 14.2. The molecule has 0 aliphatic carbocycles. The van der Waals surface area contributed by atoms with E-state index in [1.165, 1.54) is 12.1 Å². The molecule has 1 aromatic carbocycles. The third-order valence-electron chi connectivity index (χ3n) is 5.40. The number of pyridine rings is 1. The third kappa shape index (κ3) is 3.56. The van der Waals surface area contributed by atoms with E-state index in [9.17, 15) is 9.18 Å². The van der Waals surface area contributed by atoms with Crippen LogP contribution in [0.5, 0.6) is 0 Å². The average molecular weight is 388 g/mol. The van der Waals surface area contributed by atoms with Crippen LogP contribution in [-0.4, -0.2) is 50.2 Å². The molecule has 0 amide bonds. The fraction of sp³-hybridized carbons (Fsp3) is 0.524. The number of anilines is 1. The predicted molar refractivity (Wildman–Crippen MR) is 103 cm³/mol. The van der Waals surface area contributed by atoms with Crippen molar-refractivity contribution in [3.63, 3.8) is 0 Å². The van der Waals surface area contributed by atoms with Gasteiger partial charge in [0.05, 0.1) is 31.0 Å². The van der Waals surface area contributed by atoms with E-state index in [2.05, 4.69) is 9.88 Å². The van der Waals surface area contributed by atoms with Crippen molar-refractivity contribution < 1.29 is 23.4 Å². The van der Waals surface area contributed by atoms with Gasteiger partial charge in [0.15, 0.2) is 6.29 Å². The molecule has 6 nitrogen and oxygen atoms in total. The normalized spacial score (nSPS) is 20.7. The summed E-state index contributed by atoms with van der Waals surface area (Å²) in [6.07, 6.45) is 3.26. The van der Waals surface area contributed by atoms with Crippen LogP contribution in [0.15, 0.2) is 18.3 Å². The Morgan fingerprint density at radius 2 is 2.14 bits per heavy atom. The minimum absolute atomic E-state index is 0.198. The SMILES string of the molecule is CCOC(=O)c1cnc2c(C)cc(F)cc2c1N1CCC[C@@H](C2OCCO2)C1. The number of nitrogens with zero attached hydrogens (tertiary/aromatic N) is 2. The largest absolute Gasteiger partial charge is 0.462 e. The summed E-state index contributed by atoms with van der Waals surface area (Å²) in [5, 5.41) is 0.636. The van der Waals surface area contributed by atoms with Gasteiger partial charge in [-0.25, -0.2) is 9.18 Å². The lowest BCUT2D eigenvalue weighted by molar-refractivity contribution is -0.0858.